The highest BCUT2D eigenvalue weighted by molar-refractivity contribution is 9.10. The van der Waals surface area contributed by atoms with E-state index in [9.17, 15) is 0 Å². The fraction of sp³-hybridized carbons (Fsp3) is 0.267. The Hall–Kier alpha value is -1.53. The summed E-state index contributed by atoms with van der Waals surface area (Å²) >= 11 is 5.21. The molecule has 0 radical (unpaired) electrons. The molecule has 3 rings (SSSR count). The van der Waals surface area contributed by atoms with Crippen LogP contribution in [0, 0.1) is 0 Å². The summed E-state index contributed by atoms with van der Waals surface area (Å²) in [4.78, 5) is 2.35. The summed E-state index contributed by atoms with van der Waals surface area (Å²) in [6.45, 7) is 0.844. The molecule has 0 saturated heterocycles. The third-order valence-electron chi connectivity index (χ3n) is 3.59. The van der Waals surface area contributed by atoms with Crippen molar-refractivity contribution in [2.24, 2.45) is 10.9 Å². The van der Waals surface area contributed by atoms with E-state index in [0.717, 1.165) is 22.3 Å². The van der Waals surface area contributed by atoms with Crippen molar-refractivity contribution in [3.05, 3.63) is 50.6 Å². The van der Waals surface area contributed by atoms with E-state index in [-0.39, 0.29) is 5.84 Å². The minimum atomic E-state index is 0.133. The second kappa shape index (κ2) is 6.07. The van der Waals surface area contributed by atoms with Crippen LogP contribution in [0.15, 0.2) is 44.7 Å². The van der Waals surface area contributed by atoms with Gasteiger partial charge < -0.3 is 15.8 Å². The smallest absolute Gasteiger partial charge is 0.173 e. The van der Waals surface area contributed by atoms with Gasteiger partial charge in [-0.2, -0.15) is 11.3 Å². The number of nitrogens with zero attached hydrogens (tertiary/aromatic N) is 2. The molecule has 3 N–H and O–H groups in total. The number of rotatable bonds is 5. The van der Waals surface area contributed by atoms with Crippen LogP contribution in [0.3, 0.4) is 0 Å². The lowest BCUT2D eigenvalue weighted by Crippen LogP contribution is -2.28. The monoisotopic (exact) mass is 365 g/mol. The molecule has 110 valence electrons. The molecule has 1 aliphatic carbocycles. The fourth-order valence-electron chi connectivity index (χ4n) is 2.43. The van der Waals surface area contributed by atoms with Crippen molar-refractivity contribution in [2.45, 2.75) is 25.4 Å². The summed E-state index contributed by atoms with van der Waals surface area (Å²) in [5.74, 6) is 0.133. The molecule has 0 aliphatic heterocycles. The second-order valence-electron chi connectivity index (χ2n) is 5.11. The first-order valence-corrected chi connectivity index (χ1v) is 8.48. The van der Waals surface area contributed by atoms with Gasteiger partial charge in [0, 0.05) is 22.7 Å². The Kier molecular flexibility index (Phi) is 4.17. The van der Waals surface area contributed by atoms with E-state index in [0.29, 0.717) is 6.04 Å². The lowest BCUT2D eigenvalue weighted by Gasteiger charge is -2.27. The van der Waals surface area contributed by atoms with Crippen LogP contribution >= 0.6 is 27.3 Å². The van der Waals surface area contributed by atoms with Gasteiger partial charge in [-0.3, -0.25) is 0 Å². The molecule has 1 fully saturated rings. The molecule has 1 heterocycles. The summed E-state index contributed by atoms with van der Waals surface area (Å²) in [6.07, 6.45) is 2.37. The van der Waals surface area contributed by atoms with Crippen LogP contribution in [-0.2, 0) is 6.54 Å². The van der Waals surface area contributed by atoms with E-state index in [2.05, 4.69) is 42.8 Å². The van der Waals surface area contributed by atoms with E-state index >= 15 is 0 Å². The Bertz CT molecular complexity index is 653. The first-order chi connectivity index (χ1) is 10.2. The van der Waals surface area contributed by atoms with Gasteiger partial charge in [0.05, 0.1) is 5.56 Å². The van der Waals surface area contributed by atoms with Crippen molar-refractivity contribution >= 4 is 38.8 Å². The predicted octanol–water partition coefficient (Wildman–Crippen LogP) is 3.77. The Morgan fingerprint density at radius 2 is 2.24 bits per heavy atom. The van der Waals surface area contributed by atoms with Gasteiger partial charge in [-0.1, -0.05) is 11.2 Å². The lowest BCUT2D eigenvalue weighted by molar-refractivity contribution is 0.318. The Balaban J connectivity index is 2.01. The Morgan fingerprint density at radius 1 is 1.43 bits per heavy atom. The number of thiophene rings is 1. The van der Waals surface area contributed by atoms with Crippen LogP contribution in [0.1, 0.15) is 24.0 Å². The van der Waals surface area contributed by atoms with Gasteiger partial charge in [-0.25, -0.2) is 0 Å². The molecule has 0 amide bonds. The van der Waals surface area contributed by atoms with Crippen LogP contribution in [0.25, 0.3) is 0 Å². The average molecular weight is 366 g/mol. The molecule has 2 aromatic rings. The number of hydrogen-bond acceptors (Lipinski definition) is 4. The van der Waals surface area contributed by atoms with Gasteiger partial charge in [0.25, 0.3) is 0 Å². The average Bonchev–Trinajstić information content (AvgIpc) is 3.20. The first-order valence-electron chi connectivity index (χ1n) is 6.75. The topological polar surface area (TPSA) is 61.9 Å². The van der Waals surface area contributed by atoms with Crippen molar-refractivity contribution in [1.82, 2.24) is 0 Å². The van der Waals surface area contributed by atoms with E-state index in [1.165, 1.54) is 18.4 Å². The Labute approximate surface area is 136 Å². The molecular weight excluding hydrogens is 350 g/mol. The maximum Gasteiger partial charge on any atom is 0.173 e. The van der Waals surface area contributed by atoms with Gasteiger partial charge in [0.2, 0.25) is 0 Å². The molecule has 0 spiro atoms. The largest absolute Gasteiger partial charge is 0.409 e. The molecule has 21 heavy (non-hydrogen) atoms. The zero-order valence-electron chi connectivity index (χ0n) is 11.4. The first kappa shape index (κ1) is 14.4. The summed E-state index contributed by atoms with van der Waals surface area (Å²) in [5, 5.41) is 16.5. The van der Waals surface area contributed by atoms with Crippen molar-refractivity contribution in [1.29, 1.82) is 0 Å². The zero-order valence-corrected chi connectivity index (χ0v) is 13.8. The number of oxime groups is 1. The van der Waals surface area contributed by atoms with Crippen LogP contribution < -0.4 is 10.6 Å². The predicted molar refractivity (Wildman–Crippen MR) is 90.2 cm³/mol. The number of amidine groups is 1. The molecule has 1 saturated carbocycles. The maximum atomic E-state index is 9.06. The zero-order chi connectivity index (χ0) is 14.8. The summed E-state index contributed by atoms with van der Waals surface area (Å²) in [7, 11) is 0. The number of anilines is 1. The summed E-state index contributed by atoms with van der Waals surface area (Å²) < 4.78 is 0.839. The van der Waals surface area contributed by atoms with Gasteiger partial charge in [0.15, 0.2) is 5.84 Å². The number of hydrogen-bond donors (Lipinski definition) is 2. The second-order valence-corrected chi connectivity index (χ2v) is 6.74. The number of benzene rings is 1. The third-order valence-corrected chi connectivity index (χ3v) is 4.98. The quantitative estimate of drug-likeness (QED) is 0.366. The highest BCUT2D eigenvalue weighted by Gasteiger charge is 2.31. The third kappa shape index (κ3) is 3.06. The molecule has 0 atom stereocenters. The highest BCUT2D eigenvalue weighted by atomic mass is 79.9. The van der Waals surface area contributed by atoms with Gasteiger partial charge >= 0.3 is 0 Å². The van der Waals surface area contributed by atoms with Gasteiger partial charge in [0.1, 0.15) is 0 Å². The minimum absolute atomic E-state index is 0.133. The number of nitrogens with two attached hydrogens (primary N) is 1. The summed E-state index contributed by atoms with van der Waals surface area (Å²) in [5.41, 5.74) is 8.92. The normalized spacial score (nSPS) is 15.2. The van der Waals surface area contributed by atoms with Crippen LogP contribution in [0.4, 0.5) is 5.69 Å². The van der Waals surface area contributed by atoms with E-state index < -0.39 is 0 Å². The molecule has 0 unspecified atom stereocenters. The van der Waals surface area contributed by atoms with Crippen molar-refractivity contribution < 1.29 is 5.21 Å². The summed E-state index contributed by atoms with van der Waals surface area (Å²) in [6, 6.07) is 8.59. The molecule has 1 aromatic heterocycles. The van der Waals surface area contributed by atoms with Crippen LogP contribution in [0.5, 0.6) is 0 Å². The number of halogens is 1. The van der Waals surface area contributed by atoms with E-state index in [4.69, 9.17) is 10.9 Å². The maximum absolute atomic E-state index is 9.06. The van der Waals surface area contributed by atoms with Gasteiger partial charge in [-0.15, -0.1) is 0 Å². The van der Waals surface area contributed by atoms with Crippen LogP contribution in [0.2, 0.25) is 0 Å². The highest BCUT2D eigenvalue weighted by Crippen LogP contribution is 2.37. The fourth-order valence-corrected chi connectivity index (χ4v) is 3.65. The molecule has 1 aliphatic rings. The molecule has 6 heteroatoms. The van der Waals surface area contributed by atoms with Crippen molar-refractivity contribution in [3.63, 3.8) is 0 Å². The molecule has 1 aromatic carbocycles. The SMILES string of the molecule is N/C(=N/O)c1c(Br)cccc1N(Cc1ccsc1)C1CC1. The van der Waals surface area contributed by atoms with Gasteiger partial charge in [-0.05, 0) is 63.3 Å². The van der Waals surface area contributed by atoms with Crippen LogP contribution in [-0.4, -0.2) is 17.1 Å². The minimum Gasteiger partial charge on any atom is -0.409 e. The molecule has 0 bridgehead atoms. The van der Waals surface area contributed by atoms with Crippen molar-refractivity contribution in [2.75, 3.05) is 4.90 Å². The Morgan fingerprint density at radius 3 is 2.86 bits per heavy atom. The standard InChI is InChI=1S/C15H16BrN3OS/c16-12-2-1-3-13(14(12)15(17)18-20)19(11-4-5-11)8-10-6-7-21-9-10/h1-3,6-7,9,11,20H,4-5,8H2,(H2,17,18). The molecular formula is C15H16BrN3OS. The van der Waals surface area contributed by atoms with E-state index in [1.54, 1.807) is 11.3 Å². The molecule has 4 nitrogen and oxygen atoms in total. The van der Waals surface area contributed by atoms with E-state index in [1.807, 2.05) is 18.2 Å². The lowest BCUT2D eigenvalue weighted by atomic mass is 10.1. The van der Waals surface area contributed by atoms with Crippen molar-refractivity contribution in [3.8, 4) is 0 Å².